The first-order valence-corrected chi connectivity index (χ1v) is 7.25. The number of hydrogen-bond donors (Lipinski definition) is 2. The highest BCUT2D eigenvalue weighted by Gasteiger charge is 2.32. The fourth-order valence-electron chi connectivity index (χ4n) is 2.45. The van der Waals surface area contributed by atoms with E-state index in [-0.39, 0.29) is 24.9 Å². The van der Waals surface area contributed by atoms with Gasteiger partial charge in [-0.15, -0.1) is 12.4 Å². The molecule has 4 nitrogen and oxygen atoms in total. The molecular formula is C18H23ClN2O2. The molecule has 0 spiro atoms. The van der Waals surface area contributed by atoms with E-state index in [9.17, 15) is 4.79 Å². The molecule has 1 unspecified atom stereocenters. The van der Waals surface area contributed by atoms with Gasteiger partial charge in [0.1, 0.15) is 6.04 Å². The lowest BCUT2D eigenvalue weighted by Gasteiger charge is -2.33. The predicted octanol–water partition coefficient (Wildman–Crippen LogP) is 2.46. The summed E-state index contributed by atoms with van der Waals surface area (Å²) in [7, 11) is 1.53. The first-order chi connectivity index (χ1) is 10.6. The summed E-state index contributed by atoms with van der Waals surface area (Å²) in [5.41, 5.74) is 7.20. The van der Waals surface area contributed by atoms with Crippen LogP contribution in [0.25, 0.3) is 0 Å². The Kier molecular flexibility index (Phi) is 7.23. The van der Waals surface area contributed by atoms with E-state index in [0.29, 0.717) is 0 Å². The van der Waals surface area contributed by atoms with Crippen LogP contribution < -0.4 is 11.1 Å². The molecule has 2 aromatic rings. The number of nitrogens with two attached hydrogens (primary N) is 1. The molecule has 0 fully saturated rings. The molecule has 1 atom stereocenters. The van der Waals surface area contributed by atoms with Crippen LogP contribution in [0, 0.1) is 0 Å². The van der Waals surface area contributed by atoms with Crippen molar-refractivity contribution >= 4 is 18.3 Å². The summed E-state index contributed by atoms with van der Waals surface area (Å²) < 4.78 is 4.96. The molecule has 3 N–H and O–H groups in total. The number of carbonyl (C=O) groups is 1. The molecule has 0 aromatic heterocycles. The lowest BCUT2D eigenvalue weighted by atomic mass is 9.84. The van der Waals surface area contributed by atoms with Crippen LogP contribution in [-0.2, 0) is 15.1 Å². The molecule has 0 bridgehead atoms. The Bertz CT molecular complexity index is 565. The largest absolute Gasteiger partial charge is 0.383 e. The maximum Gasteiger partial charge on any atom is 0.240 e. The van der Waals surface area contributed by atoms with E-state index in [4.69, 9.17) is 10.5 Å². The Morgan fingerprint density at radius 2 is 1.52 bits per heavy atom. The topological polar surface area (TPSA) is 64.3 Å². The SMILES string of the molecule is COCC(N)C(=O)NC(C)(c1ccccc1)c1ccccc1.Cl. The molecule has 23 heavy (non-hydrogen) atoms. The molecule has 1 amide bonds. The summed E-state index contributed by atoms with van der Waals surface area (Å²) in [5.74, 6) is -0.239. The van der Waals surface area contributed by atoms with E-state index in [1.165, 1.54) is 7.11 Å². The van der Waals surface area contributed by atoms with Gasteiger partial charge in [0.15, 0.2) is 0 Å². The predicted molar refractivity (Wildman–Crippen MR) is 94.6 cm³/mol. The zero-order valence-electron chi connectivity index (χ0n) is 13.4. The summed E-state index contributed by atoms with van der Waals surface area (Å²) in [5, 5.41) is 3.07. The van der Waals surface area contributed by atoms with E-state index < -0.39 is 11.6 Å². The summed E-state index contributed by atoms with van der Waals surface area (Å²) in [6, 6.07) is 19.0. The fourth-order valence-corrected chi connectivity index (χ4v) is 2.45. The second kappa shape index (κ2) is 8.67. The number of ether oxygens (including phenoxy) is 1. The molecular weight excluding hydrogens is 312 g/mol. The number of benzene rings is 2. The van der Waals surface area contributed by atoms with Crippen molar-refractivity contribution in [1.29, 1.82) is 0 Å². The first-order valence-electron chi connectivity index (χ1n) is 7.25. The number of hydrogen-bond acceptors (Lipinski definition) is 3. The van der Waals surface area contributed by atoms with Crippen LogP contribution in [0.2, 0.25) is 0 Å². The van der Waals surface area contributed by atoms with Crippen molar-refractivity contribution in [3.63, 3.8) is 0 Å². The maximum absolute atomic E-state index is 12.4. The Balaban J connectivity index is 0.00000264. The van der Waals surface area contributed by atoms with Gasteiger partial charge < -0.3 is 15.8 Å². The minimum Gasteiger partial charge on any atom is -0.383 e. The number of nitrogens with one attached hydrogen (secondary N) is 1. The van der Waals surface area contributed by atoms with E-state index in [2.05, 4.69) is 5.32 Å². The molecule has 0 saturated carbocycles. The number of carbonyl (C=O) groups excluding carboxylic acids is 1. The van der Waals surface area contributed by atoms with Crippen molar-refractivity contribution in [2.75, 3.05) is 13.7 Å². The van der Waals surface area contributed by atoms with Crippen LogP contribution in [-0.4, -0.2) is 25.7 Å². The van der Waals surface area contributed by atoms with Crippen LogP contribution in [0.4, 0.5) is 0 Å². The van der Waals surface area contributed by atoms with Gasteiger partial charge >= 0.3 is 0 Å². The normalized spacial score (nSPS) is 12.1. The van der Waals surface area contributed by atoms with Crippen molar-refractivity contribution in [2.24, 2.45) is 5.73 Å². The van der Waals surface area contributed by atoms with E-state index in [1.807, 2.05) is 67.6 Å². The van der Waals surface area contributed by atoms with Crippen molar-refractivity contribution in [3.8, 4) is 0 Å². The number of rotatable bonds is 6. The maximum atomic E-state index is 12.4. The molecule has 5 heteroatoms. The highest BCUT2D eigenvalue weighted by atomic mass is 35.5. The third kappa shape index (κ3) is 4.55. The summed E-state index contributed by atoms with van der Waals surface area (Å²) in [6.07, 6.45) is 0. The smallest absolute Gasteiger partial charge is 0.240 e. The minimum atomic E-state index is -0.697. The highest BCUT2D eigenvalue weighted by molar-refractivity contribution is 5.85. The second-order valence-corrected chi connectivity index (χ2v) is 5.41. The summed E-state index contributed by atoms with van der Waals surface area (Å²) in [4.78, 5) is 12.4. The van der Waals surface area contributed by atoms with Crippen LogP contribution in [0.1, 0.15) is 18.1 Å². The summed E-state index contributed by atoms with van der Waals surface area (Å²) in [6.45, 7) is 2.17. The summed E-state index contributed by atoms with van der Waals surface area (Å²) >= 11 is 0. The Hall–Kier alpha value is -1.88. The van der Waals surface area contributed by atoms with Crippen LogP contribution in [0.15, 0.2) is 60.7 Å². The van der Waals surface area contributed by atoms with Gasteiger partial charge in [-0.3, -0.25) is 4.79 Å². The Morgan fingerprint density at radius 1 is 1.09 bits per heavy atom. The molecule has 0 radical (unpaired) electrons. The Morgan fingerprint density at radius 3 is 1.91 bits per heavy atom. The standard InChI is InChI=1S/C18H22N2O2.ClH/c1-18(14-9-5-3-6-10-14,15-11-7-4-8-12-15)20-17(21)16(19)13-22-2;/h3-12,16H,13,19H2,1-2H3,(H,20,21);1H. The molecule has 0 heterocycles. The minimum absolute atomic E-state index is 0. The zero-order chi connectivity index (χ0) is 16.0. The van der Waals surface area contributed by atoms with E-state index in [1.54, 1.807) is 0 Å². The van der Waals surface area contributed by atoms with Crippen molar-refractivity contribution < 1.29 is 9.53 Å². The van der Waals surface area contributed by atoms with Crippen LogP contribution in [0.5, 0.6) is 0 Å². The lowest BCUT2D eigenvalue weighted by Crippen LogP contribution is -2.52. The van der Waals surface area contributed by atoms with Gasteiger partial charge in [-0.2, -0.15) is 0 Å². The fraction of sp³-hybridized carbons (Fsp3) is 0.278. The third-order valence-corrected chi connectivity index (χ3v) is 3.76. The van der Waals surface area contributed by atoms with Gasteiger partial charge in [0.05, 0.1) is 12.1 Å². The number of halogens is 1. The first kappa shape index (κ1) is 19.2. The molecule has 0 aliphatic heterocycles. The highest BCUT2D eigenvalue weighted by Crippen LogP contribution is 2.29. The van der Waals surface area contributed by atoms with Gasteiger partial charge in [-0.1, -0.05) is 60.7 Å². The molecule has 0 saturated heterocycles. The number of methoxy groups -OCH3 is 1. The lowest BCUT2D eigenvalue weighted by molar-refractivity contribution is -0.124. The Labute approximate surface area is 143 Å². The average molecular weight is 335 g/mol. The second-order valence-electron chi connectivity index (χ2n) is 5.41. The van der Waals surface area contributed by atoms with Gasteiger partial charge in [0.25, 0.3) is 0 Å². The zero-order valence-corrected chi connectivity index (χ0v) is 14.2. The van der Waals surface area contributed by atoms with E-state index in [0.717, 1.165) is 11.1 Å². The molecule has 0 aliphatic carbocycles. The molecule has 0 aliphatic rings. The quantitative estimate of drug-likeness (QED) is 0.853. The van der Waals surface area contributed by atoms with Gasteiger partial charge in [-0.05, 0) is 18.1 Å². The van der Waals surface area contributed by atoms with Crippen molar-refractivity contribution in [3.05, 3.63) is 71.8 Å². The van der Waals surface area contributed by atoms with Crippen molar-refractivity contribution in [2.45, 2.75) is 18.5 Å². The molecule has 2 rings (SSSR count). The van der Waals surface area contributed by atoms with Crippen LogP contribution in [0.3, 0.4) is 0 Å². The number of amides is 1. The molecule has 124 valence electrons. The third-order valence-electron chi connectivity index (χ3n) is 3.76. The van der Waals surface area contributed by atoms with Gasteiger partial charge in [0.2, 0.25) is 5.91 Å². The van der Waals surface area contributed by atoms with Gasteiger partial charge in [-0.25, -0.2) is 0 Å². The van der Waals surface area contributed by atoms with Crippen molar-refractivity contribution in [1.82, 2.24) is 5.32 Å². The van der Waals surface area contributed by atoms with Crippen LogP contribution >= 0.6 is 12.4 Å². The van der Waals surface area contributed by atoms with E-state index >= 15 is 0 Å². The van der Waals surface area contributed by atoms with Gasteiger partial charge in [0, 0.05) is 7.11 Å². The average Bonchev–Trinajstić information content (AvgIpc) is 2.56. The monoisotopic (exact) mass is 334 g/mol. The molecule has 2 aromatic carbocycles.